The molecular weight excluding hydrogens is 528 g/mol. The van der Waals surface area contributed by atoms with Gasteiger partial charge in [-0.2, -0.15) is 13.2 Å². The molecule has 0 radical (unpaired) electrons. The molecule has 1 amide bonds. The Morgan fingerprint density at radius 2 is 1.85 bits per heavy atom. The molecule has 3 atom stereocenters. The highest BCUT2D eigenvalue weighted by Crippen LogP contribution is 2.43. The quantitative estimate of drug-likeness (QED) is 0.405. The lowest BCUT2D eigenvalue weighted by molar-refractivity contribution is -0.137. The second-order valence-corrected chi connectivity index (χ2v) is 14.2. The third-order valence-corrected chi connectivity index (χ3v) is 9.37. The maximum atomic E-state index is 14.1. The number of H-pyrrole nitrogens is 1. The Labute approximate surface area is 225 Å². The maximum Gasteiger partial charge on any atom is 0.419 e. The van der Waals surface area contributed by atoms with Gasteiger partial charge < -0.3 is 19.8 Å². The van der Waals surface area contributed by atoms with Crippen molar-refractivity contribution in [3.05, 3.63) is 35.7 Å². The number of benzene rings is 1. The minimum Gasteiger partial charge on any atom is -0.360 e. The number of aromatic amines is 1. The summed E-state index contributed by atoms with van der Waals surface area (Å²) in [5.74, 6) is -0.123. The maximum absolute atomic E-state index is 14.1. The first kappa shape index (κ1) is 27.6. The zero-order chi connectivity index (χ0) is 28.1. The largest absolute Gasteiger partial charge is 0.419 e. The van der Waals surface area contributed by atoms with E-state index < -0.39 is 18.9 Å². The van der Waals surface area contributed by atoms with Gasteiger partial charge in [-0.3, -0.25) is 9.69 Å². The molecule has 210 valence electrons. The number of carbonyl (C=O) groups is 1. The van der Waals surface area contributed by atoms with Gasteiger partial charge in [0.05, 0.1) is 16.8 Å². The summed E-state index contributed by atoms with van der Waals surface area (Å²) in [5.41, 5.74) is -0.333. The van der Waals surface area contributed by atoms with Crippen molar-refractivity contribution < 1.29 is 22.5 Å². The van der Waals surface area contributed by atoms with Gasteiger partial charge in [-0.05, 0) is 58.5 Å². The Bertz CT molecular complexity index is 1450. The van der Waals surface area contributed by atoms with Crippen LogP contribution in [0, 0.1) is 0 Å². The van der Waals surface area contributed by atoms with Crippen molar-refractivity contribution in [2.45, 2.75) is 50.9 Å². The summed E-state index contributed by atoms with van der Waals surface area (Å²) < 4.78 is 55.9. The van der Waals surface area contributed by atoms with Crippen LogP contribution >= 0.6 is 7.14 Å². The number of nitrogens with one attached hydrogen (secondary N) is 2. The molecule has 0 spiro atoms. The van der Waals surface area contributed by atoms with Gasteiger partial charge in [-0.25, -0.2) is 9.97 Å². The molecule has 12 heteroatoms. The molecule has 8 bridgehead atoms. The lowest BCUT2D eigenvalue weighted by atomic mass is 9.99. The zero-order valence-corrected chi connectivity index (χ0v) is 23.5. The summed E-state index contributed by atoms with van der Waals surface area (Å²) in [6, 6.07) is 3.56. The lowest BCUT2D eigenvalue weighted by Crippen LogP contribution is -2.47. The molecule has 3 aromatic rings. The fourth-order valence-electron chi connectivity index (χ4n) is 5.74. The highest BCUT2D eigenvalue weighted by molar-refractivity contribution is 7.70. The van der Waals surface area contributed by atoms with Crippen LogP contribution in [0.2, 0.25) is 0 Å². The molecule has 5 heterocycles. The van der Waals surface area contributed by atoms with Crippen LogP contribution in [0.5, 0.6) is 0 Å². The van der Waals surface area contributed by atoms with E-state index in [-0.39, 0.29) is 29.2 Å². The Kier molecular flexibility index (Phi) is 7.26. The number of aromatic nitrogens is 3. The van der Waals surface area contributed by atoms with E-state index in [2.05, 4.69) is 32.1 Å². The number of halogens is 3. The van der Waals surface area contributed by atoms with E-state index in [9.17, 15) is 22.5 Å². The van der Waals surface area contributed by atoms with Crippen LogP contribution < -0.4 is 10.6 Å². The van der Waals surface area contributed by atoms with Crippen LogP contribution in [-0.4, -0.2) is 82.8 Å². The van der Waals surface area contributed by atoms with Crippen molar-refractivity contribution in [2.24, 2.45) is 0 Å². The van der Waals surface area contributed by atoms with Crippen molar-refractivity contribution in [2.75, 3.05) is 45.3 Å². The molecule has 1 aromatic carbocycles. The summed E-state index contributed by atoms with van der Waals surface area (Å²) in [6.45, 7) is 7.43. The molecule has 39 heavy (non-hydrogen) atoms. The van der Waals surface area contributed by atoms with Crippen LogP contribution in [0.1, 0.15) is 48.5 Å². The minimum atomic E-state index is -4.68. The molecular formula is C27H34F3N6O2P. The van der Waals surface area contributed by atoms with Crippen molar-refractivity contribution >= 4 is 35.2 Å². The summed E-state index contributed by atoms with van der Waals surface area (Å²) >= 11 is 0. The summed E-state index contributed by atoms with van der Waals surface area (Å²) in [5, 5.41) is 4.03. The van der Waals surface area contributed by atoms with Crippen molar-refractivity contribution in [3.8, 4) is 11.3 Å². The van der Waals surface area contributed by atoms with Crippen molar-refractivity contribution in [1.82, 2.24) is 24.8 Å². The number of carbonyl (C=O) groups excluding carboxylic acids is 1. The fourth-order valence-corrected chi connectivity index (χ4v) is 7.21. The van der Waals surface area contributed by atoms with Gasteiger partial charge in [0.25, 0.3) is 5.91 Å². The van der Waals surface area contributed by atoms with Crippen LogP contribution in [0.15, 0.2) is 24.5 Å². The average Bonchev–Trinajstić information content (AvgIpc) is 3.29. The van der Waals surface area contributed by atoms with Crippen LogP contribution in [0.3, 0.4) is 0 Å². The number of alkyl halides is 3. The Hall–Kier alpha value is -2.91. The predicted octanol–water partition coefficient (Wildman–Crippen LogP) is 5.02. The Morgan fingerprint density at radius 3 is 2.56 bits per heavy atom. The smallest absolute Gasteiger partial charge is 0.360 e. The first-order chi connectivity index (χ1) is 18.3. The lowest BCUT2D eigenvalue weighted by Gasteiger charge is -2.38. The Balaban J connectivity index is 1.71. The van der Waals surface area contributed by atoms with Gasteiger partial charge in [0.15, 0.2) is 0 Å². The van der Waals surface area contributed by atoms with Gasteiger partial charge in [0.1, 0.15) is 12.7 Å². The molecule has 0 aliphatic carbocycles. The topological polar surface area (TPSA) is 94.2 Å². The van der Waals surface area contributed by atoms with Crippen molar-refractivity contribution in [3.63, 3.8) is 0 Å². The molecule has 3 aliphatic heterocycles. The van der Waals surface area contributed by atoms with Crippen LogP contribution in [0.25, 0.3) is 22.2 Å². The first-order valence-electron chi connectivity index (χ1n) is 13.2. The molecule has 0 saturated carbocycles. The average molecular weight is 563 g/mol. The molecule has 1 unspecified atom stereocenters. The predicted molar refractivity (Wildman–Crippen MR) is 147 cm³/mol. The number of amides is 1. The van der Waals surface area contributed by atoms with Gasteiger partial charge in [-0.1, -0.05) is 6.07 Å². The summed E-state index contributed by atoms with van der Waals surface area (Å²) in [4.78, 5) is 29.0. The van der Waals surface area contributed by atoms with E-state index in [1.807, 2.05) is 0 Å². The number of piperidine rings is 1. The number of hydrogen-bond donors (Lipinski definition) is 2. The third-order valence-electron chi connectivity index (χ3n) is 7.83. The molecule has 2 N–H and O–H groups in total. The molecule has 2 aromatic heterocycles. The van der Waals surface area contributed by atoms with Crippen molar-refractivity contribution in [1.29, 1.82) is 0 Å². The van der Waals surface area contributed by atoms with E-state index in [1.165, 1.54) is 6.20 Å². The zero-order valence-electron chi connectivity index (χ0n) is 22.6. The van der Waals surface area contributed by atoms with Gasteiger partial charge in [-0.15, -0.1) is 0 Å². The van der Waals surface area contributed by atoms with Gasteiger partial charge >= 0.3 is 6.18 Å². The normalized spacial score (nSPS) is 23.1. The molecule has 8 nitrogen and oxygen atoms in total. The summed E-state index contributed by atoms with van der Waals surface area (Å²) in [7, 11) is -1.30. The van der Waals surface area contributed by atoms with Gasteiger partial charge in [0, 0.05) is 60.9 Å². The number of anilines is 1. The molecule has 6 rings (SSSR count). The monoisotopic (exact) mass is 562 g/mol. The number of hydrogen-bond acceptors (Lipinski definition) is 6. The highest BCUT2D eigenvalue weighted by atomic mass is 31.2. The van der Waals surface area contributed by atoms with Crippen LogP contribution in [-0.2, 0) is 10.7 Å². The SMILES string of the molecule is C[C@H]1CC[C@H]2CN1CCCCN(C)C(=O)c1ccc3c(c[nH]c3c1P(C)(C)=O)-c1nc(ncc1C(F)(F)F)N2. The second kappa shape index (κ2) is 10.2. The summed E-state index contributed by atoms with van der Waals surface area (Å²) in [6.07, 6.45) is 1.10. The van der Waals surface area contributed by atoms with Gasteiger partial charge in [0.2, 0.25) is 5.95 Å². The Morgan fingerprint density at radius 1 is 1.10 bits per heavy atom. The second-order valence-electron chi connectivity index (χ2n) is 11.1. The standard InChI is InChI=1S/C27H34F3N6O2P/c1-16-7-8-17-15-36(16)12-6-5-11-35(2)25(37)19-10-9-18-20(13-31-23(18)24(19)39(3,4)38)22-21(27(28,29)30)14-32-26(33-17)34-22/h9-10,13-14,16-17,31H,5-8,11-12,15H2,1-4H3,(H,32,33,34)/t16-,17-/m0/s1. The van der Waals surface area contributed by atoms with Crippen LogP contribution in [0.4, 0.5) is 19.1 Å². The number of fused-ring (bicyclic) bond motifs is 6. The fraction of sp³-hybridized carbons (Fsp3) is 0.519. The number of nitrogens with zero attached hydrogens (tertiary/aromatic N) is 4. The van der Waals surface area contributed by atoms with E-state index in [0.29, 0.717) is 34.4 Å². The van der Waals surface area contributed by atoms with E-state index in [4.69, 9.17) is 0 Å². The molecule has 1 fully saturated rings. The van der Waals surface area contributed by atoms with E-state index >= 15 is 0 Å². The minimum absolute atomic E-state index is 0.00267. The number of rotatable bonds is 1. The first-order valence-corrected chi connectivity index (χ1v) is 15.8. The highest BCUT2D eigenvalue weighted by Gasteiger charge is 2.37. The third kappa shape index (κ3) is 5.43. The molecule has 3 aliphatic rings. The molecule has 1 saturated heterocycles. The van der Waals surface area contributed by atoms with E-state index in [1.54, 1.807) is 37.4 Å². The van der Waals surface area contributed by atoms with E-state index in [0.717, 1.165) is 45.0 Å².